The number of ether oxygens (including phenoxy) is 1. The topological polar surface area (TPSA) is 87.5 Å². The van der Waals surface area contributed by atoms with Crippen molar-refractivity contribution in [1.82, 2.24) is 4.90 Å². The molecule has 3 rings (SSSR count). The minimum atomic E-state index is -1.17. The van der Waals surface area contributed by atoms with Crippen molar-refractivity contribution in [1.29, 1.82) is 5.26 Å². The van der Waals surface area contributed by atoms with E-state index in [1.165, 1.54) is 29.2 Å². The minimum absolute atomic E-state index is 0.0730. The second-order valence-electron chi connectivity index (χ2n) is 7.19. The lowest BCUT2D eigenvalue weighted by atomic mass is 9.74. The molecule has 154 valence electrons. The third kappa shape index (κ3) is 4.07. The Morgan fingerprint density at radius 1 is 1.17 bits per heavy atom. The van der Waals surface area contributed by atoms with Crippen LogP contribution in [0.15, 0.2) is 48.5 Å². The van der Waals surface area contributed by atoms with Crippen molar-refractivity contribution in [3.05, 3.63) is 70.2 Å². The van der Waals surface area contributed by atoms with Crippen molar-refractivity contribution in [2.45, 2.75) is 31.2 Å². The molecular formula is C23H21ClN2O4. The van der Waals surface area contributed by atoms with Gasteiger partial charge in [-0.3, -0.25) is 9.59 Å². The van der Waals surface area contributed by atoms with Crippen molar-refractivity contribution in [2.75, 3.05) is 13.7 Å². The van der Waals surface area contributed by atoms with Crippen molar-refractivity contribution in [3.63, 3.8) is 0 Å². The van der Waals surface area contributed by atoms with Gasteiger partial charge in [0.1, 0.15) is 5.54 Å². The predicted octanol–water partition coefficient (Wildman–Crippen LogP) is 3.87. The molecule has 0 N–H and O–H groups in total. The van der Waals surface area contributed by atoms with Gasteiger partial charge in [-0.15, -0.1) is 0 Å². The van der Waals surface area contributed by atoms with Crippen LogP contribution in [0.1, 0.15) is 47.2 Å². The van der Waals surface area contributed by atoms with Crippen LogP contribution in [0.2, 0.25) is 5.02 Å². The highest BCUT2D eigenvalue weighted by atomic mass is 35.5. The molecule has 2 aromatic rings. The lowest BCUT2D eigenvalue weighted by molar-refractivity contribution is -0.150. The van der Waals surface area contributed by atoms with E-state index in [1.54, 1.807) is 31.3 Å². The van der Waals surface area contributed by atoms with E-state index in [0.29, 0.717) is 29.0 Å². The Kier molecular flexibility index (Phi) is 6.53. The molecule has 1 atom stereocenters. The molecular weight excluding hydrogens is 404 g/mol. The Hall–Kier alpha value is -3.17. The molecule has 0 radical (unpaired) electrons. The maximum absolute atomic E-state index is 13.0. The van der Waals surface area contributed by atoms with Crippen LogP contribution >= 0.6 is 11.6 Å². The predicted molar refractivity (Wildman–Crippen MR) is 111 cm³/mol. The fourth-order valence-electron chi connectivity index (χ4n) is 3.83. The molecule has 1 aliphatic carbocycles. The fraction of sp³-hybridized carbons (Fsp3) is 0.304. The monoisotopic (exact) mass is 424 g/mol. The SMILES string of the molecule is CN(C(=O)COC(=O)c1ccc(C#N)cc1)C1(c2ccccc2Cl)CCCCC1=O. The number of rotatable bonds is 5. The van der Waals surface area contributed by atoms with Gasteiger partial charge in [0.15, 0.2) is 12.4 Å². The van der Waals surface area contributed by atoms with Crippen molar-refractivity contribution in [2.24, 2.45) is 0 Å². The maximum Gasteiger partial charge on any atom is 0.338 e. The average molecular weight is 425 g/mol. The molecule has 0 aromatic heterocycles. The molecule has 30 heavy (non-hydrogen) atoms. The Labute approximate surface area is 180 Å². The van der Waals surface area contributed by atoms with E-state index in [1.807, 2.05) is 6.07 Å². The number of hydrogen-bond donors (Lipinski definition) is 0. The second-order valence-corrected chi connectivity index (χ2v) is 7.60. The highest BCUT2D eigenvalue weighted by Gasteiger charge is 2.48. The maximum atomic E-state index is 13.0. The van der Waals surface area contributed by atoms with Gasteiger partial charge in [0, 0.05) is 24.1 Å². The summed E-state index contributed by atoms with van der Waals surface area (Å²) in [5.41, 5.74) is 0.0682. The summed E-state index contributed by atoms with van der Waals surface area (Å²) < 4.78 is 5.16. The van der Waals surface area contributed by atoms with Crippen LogP contribution in [0.4, 0.5) is 0 Å². The van der Waals surface area contributed by atoms with E-state index < -0.39 is 24.0 Å². The lowest BCUT2D eigenvalue weighted by Crippen LogP contribution is -2.55. The fourth-order valence-corrected chi connectivity index (χ4v) is 4.12. The summed E-state index contributed by atoms with van der Waals surface area (Å²) in [6, 6.07) is 14.9. The van der Waals surface area contributed by atoms with Gasteiger partial charge in [0.2, 0.25) is 0 Å². The number of likely N-dealkylation sites (N-methyl/N-ethyl adjacent to an activating group) is 1. The van der Waals surface area contributed by atoms with Crippen LogP contribution in [0.25, 0.3) is 0 Å². The Morgan fingerprint density at radius 2 is 1.87 bits per heavy atom. The van der Waals surface area contributed by atoms with Crippen LogP contribution in [-0.2, 0) is 19.9 Å². The number of ketones is 1. The zero-order chi connectivity index (χ0) is 21.7. The number of esters is 1. The summed E-state index contributed by atoms with van der Waals surface area (Å²) in [7, 11) is 1.55. The standard InChI is InChI=1S/C23H21ClN2O4/c1-26(21(28)15-30-22(29)17-11-9-16(14-25)10-12-17)23(13-5-4-8-20(23)27)18-6-2-3-7-19(18)24/h2-3,6-7,9-12H,4-5,8,13,15H2,1H3. The van der Waals surface area contributed by atoms with Gasteiger partial charge in [-0.1, -0.05) is 29.8 Å². The van der Waals surface area contributed by atoms with E-state index in [-0.39, 0.29) is 11.3 Å². The summed E-state index contributed by atoms with van der Waals surface area (Å²) in [4.78, 5) is 39.6. The molecule has 1 amide bonds. The van der Waals surface area contributed by atoms with E-state index >= 15 is 0 Å². The number of nitriles is 1. The Balaban J connectivity index is 1.79. The second kappa shape index (κ2) is 9.10. The normalized spacial score (nSPS) is 18.4. The quantitative estimate of drug-likeness (QED) is 0.680. The smallest absolute Gasteiger partial charge is 0.338 e. The van der Waals surface area contributed by atoms with Crippen LogP contribution in [0.5, 0.6) is 0 Å². The van der Waals surface area contributed by atoms with Crippen LogP contribution in [0.3, 0.4) is 0 Å². The summed E-state index contributed by atoms with van der Waals surface area (Å²) in [5.74, 6) is -1.24. The van der Waals surface area contributed by atoms with Crippen LogP contribution in [-0.4, -0.2) is 36.2 Å². The van der Waals surface area contributed by atoms with E-state index in [4.69, 9.17) is 21.6 Å². The molecule has 7 heteroatoms. The molecule has 1 fully saturated rings. The molecule has 2 aromatic carbocycles. The zero-order valence-electron chi connectivity index (χ0n) is 16.6. The molecule has 1 unspecified atom stereocenters. The molecule has 1 saturated carbocycles. The molecule has 0 spiro atoms. The number of halogens is 1. The third-order valence-corrected chi connectivity index (χ3v) is 5.83. The minimum Gasteiger partial charge on any atom is -0.452 e. The molecule has 0 saturated heterocycles. The van der Waals surface area contributed by atoms with E-state index in [2.05, 4.69) is 0 Å². The zero-order valence-corrected chi connectivity index (χ0v) is 17.3. The first-order valence-corrected chi connectivity index (χ1v) is 10.00. The van der Waals surface area contributed by atoms with E-state index in [9.17, 15) is 14.4 Å². The average Bonchev–Trinajstić information content (AvgIpc) is 2.77. The number of benzene rings is 2. The highest BCUT2D eigenvalue weighted by molar-refractivity contribution is 6.31. The van der Waals surface area contributed by atoms with Gasteiger partial charge in [-0.2, -0.15) is 5.26 Å². The van der Waals surface area contributed by atoms with Crippen molar-refractivity contribution < 1.29 is 19.1 Å². The number of amides is 1. The highest BCUT2D eigenvalue weighted by Crippen LogP contribution is 2.42. The summed E-state index contributed by atoms with van der Waals surface area (Å²) >= 11 is 6.39. The van der Waals surface area contributed by atoms with Crippen LogP contribution < -0.4 is 0 Å². The number of carbonyl (C=O) groups excluding carboxylic acids is 3. The first-order chi connectivity index (χ1) is 14.4. The van der Waals surface area contributed by atoms with Gasteiger partial charge in [-0.25, -0.2) is 4.79 Å². The molecule has 0 heterocycles. The molecule has 1 aliphatic rings. The van der Waals surface area contributed by atoms with Gasteiger partial charge < -0.3 is 9.64 Å². The Bertz CT molecular complexity index is 1010. The number of Topliss-reactive ketones (excluding diaryl/α,β-unsaturated/α-hetero) is 1. The van der Waals surface area contributed by atoms with Crippen molar-refractivity contribution in [3.8, 4) is 6.07 Å². The van der Waals surface area contributed by atoms with Gasteiger partial charge in [0.05, 0.1) is 17.2 Å². The summed E-state index contributed by atoms with van der Waals surface area (Å²) in [5, 5.41) is 9.25. The number of carbonyl (C=O) groups is 3. The van der Waals surface area contributed by atoms with Gasteiger partial charge >= 0.3 is 5.97 Å². The molecule has 6 nitrogen and oxygen atoms in total. The molecule has 0 aliphatic heterocycles. The third-order valence-electron chi connectivity index (χ3n) is 5.50. The van der Waals surface area contributed by atoms with Crippen LogP contribution in [0, 0.1) is 11.3 Å². The lowest BCUT2D eigenvalue weighted by Gasteiger charge is -2.43. The largest absolute Gasteiger partial charge is 0.452 e. The Morgan fingerprint density at radius 3 is 2.50 bits per heavy atom. The first-order valence-electron chi connectivity index (χ1n) is 9.62. The van der Waals surface area contributed by atoms with Gasteiger partial charge in [-0.05, 0) is 49.6 Å². The molecule has 0 bridgehead atoms. The number of hydrogen-bond acceptors (Lipinski definition) is 5. The summed E-state index contributed by atoms with van der Waals surface area (Å²) in [6.07, 6.45) is 2.36. The first kappa shape index (κ1) is 21.5. The van der Waals surface area contributed by atoms with E-state index in [0.717, 1.165) is 12.8 Å². The van der Waals surface area contributed by atoms with Gasteiger partial charge in [0.25, 0.3) is 5.91 Å². The van der Waals surface area contributed by atoms with Crippen molar-refractivity contribution >= 4 is 29.3 Å². The number of nitrogens with zero attached hydrogens (tertiary/aromatic N) is 2. The summed E-state index contributed by atoms with van der Waals surface area (Å²) in [6.45, 7) is -0.505.